The van der Waals surface area contributed by atoms with Crippen molar-refractivity contribution in [1.82, 2.24) is 0 Å². The van der Waals surface area contributed by atoms with Crippen LogP contribution in [0.2, 0.25) is 0 Å². The Bertz CT molecular complexity index is 676. The molecule has 0 aromatic heterocycles. The topological polar surface area (TPSA) is 35.5 Å². The first-order chi connectivity index (χ1) is 10.2. The number of hydrogen-bond acceptors (Lipinski definition) is 3. The third kappa shape index (κ3) is 2.64. The number of fused-ring (bicyclic) bond motifs is 2. The number of esters is 1. The predicted octanol–water partition coefficient (Wildman–Crippen LogP) is 3.85. The van der Waals surface area contributed by atoms with Gasteiger partial charge in [0.2, 0.25) is 0 Å². The molecule has 1 aliphatic rings. The number of benzene rings is 2. The van der Waals surface area contributed by atoms with E-state index in [9.17, 15) is 4.79 Å². The number of methoxy groups -OCH3 is 1. The van der Waals surface area contributed by atoms with Crippen molar-refractivity contribution >= 4 is 5.97 Å². The van der Waals surface area contributed by atoms with E-state index in [1.165, 1.54) is 12.7 Å². The zero-order valence-corrected chi connectivity index (χ0v) is 12.3. The highest BCUT2D eigenvalue weighted by Gasteiger charge is 2.19. The number of para-hydroxylation sites is 1. The first kappa shape index (κ1) is 13.7. The maximum Gasteiger partial charge on any atom is 0.312 e. The molecule has 0 saturated heterocycles. The Hall–Kier alpha value is -2.29. The SMILES string of the molecule is COC(=O)C(C)c1ccc2c(c1)CCc1ccccc1O2. The Morgan fingerprint density at radius 3 is 2.62 bits per heavy atom. The van der Waals surface area contributed by atoms with Crippen molar-refractivity contribution in [1.29, 1.82) is 0 Å². The van der Waals surface area contributed by atoms with E-state index in [1.54, 1.807) is 0 Å². The van der Waals surface area contributed by atoms with Crippen LogP contribution in [0.5, 0.6) is 11.5 Å². The molecule has 0 aliphatic carbocycles. The average Bonchev–Trinajstić information content (AvgIpc) is 2.71. The van der Waals surface area contributed by atoms with Gasteiger partial charge in [-0.25, -0.2) is 0 Å². The lowest BCUT2D eigenvalue weighted by Crippen LogP contribution is -2.11. The number of ether oxygens (including phenoxy) is 2. The molecule has 3 heteroatoms. The van der Waals surface area contributed by atoms with Crippen LogP contribution in [0.3, 0.4) is 0 Å². The van der Waals surface area contributed by atoms with Crippen LogP contribution in [0.1, 0.15) is 29.5 Å². The summed E-state index contributed by atoms with van der Waals surface area (Å²) in [6.07, 6.45) is 1.85. The van der Waals surface area contributed by atoms with Gasteiger partial charge in [-0.15, -0.1) is 0 Å². The summed E-state index contributed by atoms with van der Waals surface area (Å²) in [6.45, 7) is 1.86. The molecule has 0 fully saturated rings. The Labute approximate surface area is 124 Å². The number of hydrogen-bond donors (Lipinski definition) is 0. The molecule has 3 nitrogen and oxygen atoms in total. The van der Waals surface area contributed by atoms with E-state index in [-0.39, 0.29) is 11.9 Å². The fourth-order valence-corrected chi connectivity index (χ4v) is 2.67. The van der Waals surface area contributed by atoms with E-state index >= 15 is 0 Å². The van der Waals surface area contributed by atoms with Crippen molar-refractivity contribution in [3.63, 3.8) is 0 Å². The smallest absolute Gasteiger partial charge is 0.312 e. The van der Waals surface area contributed by atoms with Crippen LogP contribution in [-0.2, 0) is 22.4 Å². The highest BCUT2D eigenvalue weighted by molar-refractivity contribution is 5.77. The van der Waals surface area contributed by atoms with Gasteiger partial charge in [-0.3, -0.25) is 4.79 Å². The number of rotatable bonds is 2. The second-order valence-electron chi connectivity index (χ2n) is 5.32. The first-order valence-corrected chi connectivity index (χ1v) is 7.15. The third-order valence-corrected chi connectivity index (χ3v) is 4.00. The van der Waals surface area contributed by atoms with E-state index < -0.39 is 0 Å². The van der Waals surface area contributed by atoms with Gasteiger partial charge < -0.3 is 9.47 Å². The van der Waals surface area contributed by atoms with Gasteiger partial charge in [0.15, 0.2) is 0 Å². The van der Waals surface area contributed by atoms with Crippen molar-refractivity contribution in [2.24, 2.45) is 0 Å². The molecule has 0 N–H and O–H groups in total. The zero-order valence-electron chi connectivity index (χ0n) is 12.3. The predicted molar refractivity (Wildman–Crippen MR) is 80.8 cm³/mol. The van der Waals surface area contributed by atoms with Crippen LogP contribution in [0.25, 0.3) is 0 Å². The van der Waals surface area contributed by atoms with E-state index in [4.69, 9.17) is 9.47 Å². The highest BCUT2D eigenvalue weighted by Crippen LogP contribution is 2.35. The third-order valence-electron chi connectivity index (χ3n) is 4.00. The summed E-state index contributed by atoms with van der Waals surface area (Å²) in [5, 5.41) is 0. The van der Waals surface area contributed by atoms with Gasteiger partial charge in [-0.05, 0) is 48.6 Å². The largest absolute Gasteiger partial charge is 0.469 e. The zero-order chi connectivity index (χ0) is 14.8. The molecule has 1 unspecified atom stereocenters. The highest BCUT2D eigenvalue weighted by atomic mass is 16.5. The van der Waals surface area contributed by atoms with Crippen molar-refractivity contribution < 1.29 is 14.3 Å². The summed E-state index contributed by atoms with van der Waals surface area (Å²) in [6, 6.07) is 14.1. The molecule has 3 rings (SSSR count). The minimum Gasteiger partial charge on any atom is -0.469 e. The second-order valence-corrected chi connectivity index (χ2v) is 5.32. The van der Waals surface area contributed by atoms with Gasteiger partial charge in [0, 0.05) is 0 Å². The van der Waals surface area contributed by atoms with Gasteiger partial charge in [-0.1, -0.05) is 30.3 Å². The van der Waals surface area contributed by atoms with Crippen molar-refractivity contribution in [2.75, 3.05) is 7.11 Å². The molecule has 2 aromatic carbocycles. The molecular weight excluding hydrogens is 264 g/mol. The lowest BCUT2D eigenvalue weighted by molar-refractivity contribution is -0.141. The number of carbonyl (C=O) groups is 1. The Balaban J connectivity index is 1.93. The number of carbonyl (C=O) groups excluding carboxylic acids is 1. The molecule has 108 valence electrons. The normalized spacial score (nSPS) is 14.2. The standard InChI is InChI=1S/C18H18O3/c1-12(18(19)20-2)14-9-10-17-15(11-14)8-7-13-5-3-4-6-16(13)21-17/h3-6,9-12H,7-8H2,1-2H3. The molecule has 1 atom stereocenters. The minimum atomic E-state index is -0.258. The summed E-state index contributed by atoms with van der Waals surface area (Å²) in [5.74, 6) is 1.32. The van der Waals surface area contributed by atoms with Crippen LogP contribution in [0, 0.1) is 0 Å². The maximum absolute atomic E-state index is 11.7. The van der Waals surface area contributed by atoms with Crippen LogP contribution in [0.4, 0.5) is 0 Å². The lowest BCUT2D eigenvalue weighted by Gasteiger charge is -2.13. The first-order valence-electron chi connectivity index (χ1n) is 7.15. The summed E-state index contributed by atoms with van der Waals surface area (Å²) >= 11 is 0. The second kappa shape index (κ2) is 5.60. The van der Waals surface area contributed by atoms with Crippen LogP contribution >= 0.6 is 0 Å². The quantitative estimate of drug-likeness (QED) is 0.785. The Morgan fingerprint density at radius 1 is 1.10 bits per heavy atom. The van der Waals surface area contributed by atoms with Gasteiger partial charge >= 0.3 is 5.97 Å². The monoisotopic (exact) mass is 282 g/mol. The maximum atomic E-state index is 11.7. The van der Waals surface area contributed by atoms with Crippen LogP contribution in [0.15, 0.2) is 42.5 Å². The molecule has 0 bridgehead atoms. The summed E-state index contributed by atoms with van der Waals surface area (Å²) in [4.78, 5) is 11.7. The molecule has 21 heavy (non-hydrogen) atoms. The summed E-state index contributed by atoms with van der Waals surface area (Å²) in [7, 11) is 1.42. The van der Waals surface area contributed by atoms with Gasteiger partial charge in [0.05, 0.1) is 13.0 Å². The fourth-order valence-electron chi connectivity index (χ4n) is 2.67. The van der Waals surface area contributed by atoms with E-state index in [0.29, 0.717) is 0 Å². The molecule has 0 spiro atoms. The van der Waals surface area contributed by atoms with Crippen molar-refractivity contribution in [2.45, 2.75) is 25.7 Å². The molecule has 0 radical (unpaired) electrons. The Morgan fingerprint density at radius 2 is 1.81 bits per heavy atom. The minimum absolute atomic E-state index is 0.215. The van der Waals surface area contributed by atoms with Crippen molar-refractivity contribution in [3.8, 4) is 11.5 Å². The molecule has 2 aromatic rings. The molecule has 0 amide bonds. The van der Waals surface area contributed by atoms with Gasteiger partial charge in [0.25, 0.3) is 0 Å². The van der Waals surface area contributed by atoms with Gasteiger partial charge in [0.1, 0.15) is 11.5 Å². The summed E-state index contributed by atoms with van der Waals surface area (Å²) in [5.41, 5.74) is 3.32. The summed E-state index contributed by atoms with van der Waals surface area (Å²) < 4.78 is 10.8. The van der Waals surface area contributed by atoms with E-state index in [1.807, 2.05) is 37.3 Å². The average molecular weight is 282 g/mol. The van der Waals surface area contributed by atoms with E-state index in [2.05, 4.69) is 12.1 Å². The van der Waals surface area contributed by atoms with Crippen LogP contribution < -0.4 is 4.74 Å². The molecule has 0 saturated carbocycles. The van der Waals surface area contributed by atoms with Gasteiger partial charge in [-0.2, -0.15) is 0 Å². The fraction of sp³-hybridized carbons (Fsp3) is 0.278. The molecule has 1 aliphatic heterocycles. The molecule has 1 heterocycles. The lowest BCUT2D eigenvalue weighted by atomic mass is 9.96. The van der Waals surface area contributed by atoms with Crippen LogP contribution in [-0.4, -0.2) is 13.1 Å². The Kier molecular flexibility index (Phi) is 3.65. The van der Waals surface area contributed by atoms with E-state index in [0.717, 1.165) is 35.5 Å². The number of aryl methyl sites for hydroxylation is 2. The van der Waals surface area contributed by atoms with Crippen molar-refractivity contribution in [3.05, 3.63) is 59.2 Å². The molecular formula is C18H18O3.